The van der Waals surface area contributed by atoms with E-state index in [1.165, 1.54) is 6.07 Å². The molecule has 1 atom stereocenters. The van der Waals surface area contributed by atoms with E-state index in [9.17, 15) is 13.2 Å². The Morgan fingerprint density at radius 1 is 1.21 bits per heavy atom. The van der Waals surface area contributed by atoms with Crippen molar-refractivity contribution in [3.63, 3.8) is 0 Å². The Morgan fingerprint density at radius 2 is 2.00 bits per heavy atom. The average molecular weight is 294 g/mol. The highest BCUT2D eigenvalue weighted by molar-refractivity contribution is 6.31. The molecule has 0 saturated carbocycles. The highest BCUT2D eigenvalue weighted by Gasteiger charge is 2.33. The number of alkyl halides is 3. The molecule has 1 unspecified atom stereocenters. The topological polar surface area (TPSA) is 21.3 Å². The minimum absolute atomic E-state index is 0.143. The molecule has 106 valence electrons. The number of nitrogens with one attached hydrogen (secondary N) is 1. The number of benzene rings is 1. The molecule has 0 aliphatic carbocycles. The molecule has 2 rings (SSSR count). The van der Waals surface area contributed by atoms with Gasteiger partial charge in [0.15, 0.2) is 0 Å². The van der Waals surface area contributed by atoms with E-state index in [-0.39, 0.29) is 11.1 Å². The zero-order chi connectivity index (χ0) is 13.9. The Bertz CT molecular complexity index is 428. The molecule has 19 heavy (non-hydrogen) atoms. The zero-order valence-electron chi connectivity index (χ0n) is 10.3. The summed E-state index contributed by atoms with van der Waals surface area (Å²) >= 11 is 5.58. The molecule has 1 heterocycles. The van der Waals surface area contributed by atoms with Crippen LogP contribution in [0, 0.1) is 0 Å². The van der Waals surface area contributed by atoms with Gasteiger partial charge in [0.2, 0.25) is 0 Å². The SMILES string of the molecule is FC(F)(F)c1cc(NC2CCCOCC2)ccc1Cl. The highest BCUT2D eigenvalue weighted by atomic mass is 35.5. The second kappa shape index (κ2) is 6.01. The lowest BCUT2D eigenvalue weighted by Gasteiger charge is -2.18. The molecule has 1 N–H and O–H groups in total. The lowest BCUT2D eigenvalue weighted by atomic mass is 10.1. The lowest BCUT2D eigenvalue weighted by Crippen LogP contribution is -2.20. The van der Waals surface area contributed by atoms with Crippen LogP contribution >= 0.6 is 11.6 Å². The zero-order valence-corrected chi connectivity index (χ0v) is 11.0. The predicted octanol–water partition coefficient (Wildman–Crippen LogP) is 4.34. The van der Waals surface area contributed by atoms with Crippen LogP contribution in [0.4, 0.5) is 18.9 Å². The van der Waals surface area contributed by atoms with Crippen molar-refractivity contribution in [1.29, 1.82) is 0 Å². The van der Waals surface area contributed by atoms with Crippen LogP contribution in [0.5, 0.6) is 0 Å². The van der Waals surface area contributed by atoms with Crippen LogP contribution in [-0.2, 0) is 10.9 Å². The van der Waals surface area contributed by atoms with Crippen molar-refractivity contribution in [3.8, 4) is 0 Å². The van der Waals surface area contributed by atoms with Crippen molar-refractivity contribution in [2.75, 3.05) is 18.5 Å². The van der Waals surface area contributed by atoms with E-state index in [1.807, 2.05) is 0 Å². The number of anilines is 1. The molecule has 1 aromatic rings. The van der Waals surface area contributed by atoms with Crippen molar-refractivity contribution in [2.24, 2.45) is 0 Å². The van der Waals surface area contributed by atoms with E-state index in [0.717, 1.165) is 25.3 Å². The summed E-state index contributed by atoms with van der Waals surface area (Å²) in [5.41, 5.74) is -0.354. The molecule has 6 heteroatoms. The Kier molecular flexibility index (Phi) is 4.58. The van der Waals surface area contributed by atoms with Crippen LogP contribution in [0.1, 0.15) is 24.8 Å². The van der Waals surface area contributed by atoms with Crippen LogP contribution in [0.15, 0.2) is 18.2 Å². The van der Waals surface area contributed by atoms with E-state index in [4.69, 9.17) is 16.3 Å². The van der Waals surface area contributed by atoms with Crippen LogP contribution < -0.4 is 5.32 Å². The van der Waals surface area contributed by atoms with E-state index in [1.54, 1.807) is 6.07 Å². The molecular weight excluding hydrogens is 279 g/mol. The summed E-state index contributed by atoms with van der Waals surface area (Å²) in [5, 5.41) is 2.85. The van der Waals surface area contributed by atoms with Gasteiger partial charge in [0, 0.05) is 24.9 Å². The molecule has 2 nitrogen and oxygen atoms in total. The highest BCUT2D eigenvalue weighted by Crippen LogP contribution is 2.36. The van der Waals surface area contributed by atoms with Crippen molar-refractivity contribution >= 4 is 17.3 Å². The summed E-state index contributed by atoms with van der Waals surface area (Å²) < 4.78 is 43.5. The summed E-state index contributed by atoms with van der Waals surface area (Å²) in [4.78, 5) is 0. The van der Waals surface area contributed by atoms with Gasteiger partial charge in [-0.15, -0.1) is 0 Å². The van der Waals surface area contributed by atoms with E-state index in [2.05, 4.69) is 5.32 Å². The van der Waals surface area contributed by atoms with Crippen molar-refractivity contribution < 1.29 is 17.9 Å². The predicted molar refractivity (Wildman–Crippen MR) is 68.5 cm³/mol. The molecule has 1 aliphatic rings. The third kappa shape index (κ3) is 4.01. The molecular formula is C13H15ClF3NO. The normalized spacial score (nSPS) is 20.9. The Morgan fingerprint density at radius 3 is 2.74 bits per heavy atom. The first kappa shape index (κ1) is 14.5. The molecule has 1 aliphatic heterocycles. The molecule has 0 radical (unpaired) electrons. The number of ether oxygens (including phenoxy) is 1. The molecule has 1 fully saturated rings. The van der Waals surface area contributed by atoms with Crippen molar-refractivity contribution in [2.45, 2.75) is 31.5 Å². The smallest absolute Gasteiger partial charge is 0.382 e. The van der Waals surface area contributed by atoms with E-state index >= 15 is 0 Å². The Labute approximate surface area is 114 Å². The monoisotopic (exact) mass is 293 g/mol. The minimum atomic E-state index is -4.43. The van der Waals surface area contributed by atoms with Gasteiger partial charge < -0.3 is 10.1 Å². The third-order valence-corrected chi connectivity index (χ3v) is 3.42. The molecule has 0 bridgehead atoms. The first-order valence-electron chi connectivity index (χ1n) is 6.18. The number of rotatable bonds is 2. The van der Waals surface area contributed by atoms with E-state index < -0.39 is 11.7 Å². The van der Waals surface area contributed by atoms with Gasteiger partial charge >= 0.3 is 6.18 Å². The Hall–Kier alpha value is -0.940. The van der Waals surface area contributed by atoms with Crippen molar-refractivity contribution in [1.82, 2.24) is 0 Å². The minimum Gasteiger partial charge on any atom is -0.382 e. The lowest BCUT2D eigenvalue weighted by molar-refractivity contribution is -0.137. The fraction of sp³-hybridized carbons (Fsp3) is 0.538. The average Bonchev–Trinajstić information content (AvgIpc) is 2.59. The fourth-order valence-electron chi connectivity index (χ4n) is 2.12. The summed E-state index contributed by atoms with van der Waals surface area (Å²) in [6.07, 6.45) is -1.83. The maximum Gasteiger partial charge on any atom is 0.417 e. The quantitative estimate of drug-likeness (QED) is 0.876. The summed E-state index contributed by atoms with van der Waals surface area (Å²) in [5.74, 6) is 0. The van der Waals surface area contributed by atoms with Gasteiger partial charge in [-0.05, 0) is 37.5 Å². The number of hydrogen-bond donors (Lipinski definition) is 1. The van der Waals surface area contributed by atoms with Gasteiger partial charge in [-0.25, -0.2) is 0 Å². The fourth-order valence-corrected chi connectivity index (χ4v) is 2.34. The number of halogens is 4. The molecule has 0 amide bonds. The van der Waals surface area contributed by atoms with Crippen LogP contribution in [0.3, 0.4) is 0 Å². The molecule has 1 aromatic carbocycles. The van der Waals surface area contributed by atoms with E-state index in [0.29, 0.717) is 18.9 Å². The summed E-state index contributed by atoms with van der Waals surface area (Å²) in [7, 11) is 0. The summed E-state index contributed by atoms with van der Waals surface area (Å²) in [6, 6.07) is 4.06. The largest absolute Gasteiger partial charge is 0.417 e. The third-order valence-electron chi connectivity index (χ3n) is 3.09. The van der Waals surface area contributed by atoms with Gasteiger partial charge in [0.1, 0.15) is 0 Å². The van der Waals surface area contributed by atoms with Gasteiger partial charge in [0.05, 0.1) is 10.6 Å². The first-order valence-corrected chi connectivity index (χ1v) is 6.55. The van der Waals surface area contributed by atoms with Gasteiger partial charge in [0.25, 0.3) is 0 Å². The molecule has 1 saturated heterocycles. The van der Waals surface area contributed by atoms with Crippen LogP contribution in [0.25, 0.3) is 0 Å². The van der Waals surface area contributed by atoms with Crippen molar-refractivity contribution in [3.05, 3.63) is 28.8 Å². The maximum atomic E-state index is 12.7. The van der Waals surface area contributed by atoms with Gasteiger partial charge in [-0.2, -0.15) is 13.2 Å². The van der Waals surface area contributed by atoms with Gasteiger partial charge in [-0.1, -0.05) is 11.6 Å². The Balaban J connectivity index is 2.12. The molecule has 0 spiro atoms. The standard InChI is InChI=1S/C13H15ClF3NO/c14-12-4-3-10(8-11(12)13(15,16)17)18-9-2-1-6-19-7-5-9/h3-4,8-9,18H,1-2,5-7H2. The van der Waals surface area contributed by atoms with Crippen LogP contribution in [0.2, 0.25) is 5.02 Å². The first-order chi connectivity index (χ1) is 8.97. The second-order valence-electron chi connectivity index (χ2n) is 4.58. The maximum absolute atomic E-state index is 12.7. The van der Waals surface area contributed by atoms with Crippen LogP contribution in [-0.4, -0.2) is 19.3 Å². The summed E-state index contributed by atoms with van der Waals surface area (Å²) in [6.45, 7) is 1.35. The van der Waals surface area contributed by atoms with Gasteiger partial charge in [-0.3, -0.25) is 0 Å². The molecule has 0 aromatic heterocycles. The number of hydrogen-bond acceptors (Lipinski definition) is 2. The second-order valence-corrected chi connectivity index (χ2v) is 4.98.